The van der Waals surface area contributed by atoms with Crippen LogP contribution in [0.15, 0.2) is 45.8 Å². The smallest absolute Gasteiger partial charge is 0.254 e. The molecular weight excluding hydrogens is 436 g/mol. The molecule has 34 heavy (non-hydrogen) atoms. The molecule has 8 heteroatoms. The Bertz CT molecular complexity index is 1600. The van der Waals surface area contributed by atoms with Crippen LogP contribution < -0.4 is 15.0 Å². The molecule has 3 aromatic heterocycles. The average molecular weight is 456 g/mol. The fourth-order valence-corrected chi connectivity index (χ4v) is 5.56. The lowest BCUT2D eigenvalue weighted by atomic mass is 9.77. The summed E-state index contributed by atoms with van der Waals surface area (Å²) < 4.78 is 18.6. The first-order valence-electron chi connectivity index (χ1n) is 11.3. The van der Waals surface area contributed by atoms with Crippen LogP contribution in [0.5, 0.6) is 11.5 Å². The summed E-state index contributed by atoms with van der Waals surface area (Å²) in [6.07, 6.45) is 2.31. The Morgan fingerprint density at radius 3 is 2.71 bits per heavy atom. The summed E-state index contributed by atoms with van der Waals surface area (Å²) in [7, 11) is 0. The zero-order chi connectivity index (χ0) is 23.2. The van der Waals surface area contributed by atoms with Crippen LogP contribution in [0.1, 0.15) is 36.5 Å². The van der Waals surface area contributed by atoms with Crippen LogP contribution in [0, 0.1) is 0 Å². The normalized spacial score (nSPS) is 19.9. The van der Waals surface area contributed by atoms with Crippen LogP contribution in [-0.2, 0) is 23.4 Å². The molecule has 0 saturated carbocycles. The molecule has 2 aliphatic heterocycles. The van der Waals surface area contributed by atoms with E-state index in [2.05, 4.69) is 0 Å². The molecule has 0 bridgehead atoms. The first-order valence-corrected chi connectivity index (χ1v) is 11.3. The van der Waals surface area contributed by atoms with E-state index in [4.69, 9.17) is 18.9 Å². The molecule has 7 rings (SSSR count). The van der Waals surface area contributed by atoms with Crippen molar-refractivity contribution < 1.29 is 23.8 Å². The minimum absolute atomic E-state index is 0.148. The molecule has 1 atom stereocenters. The van der Waals surface area contributed by atoms with Crippen molar-refractivity contribution in [2.45, 2.75) is 38.3 Å². The molecule has 8 nitrogen and oxygen atoms in total. The lowest BCUT2D eigenvalue weighted by molar-refractivity contribution is -0.140. The summed E-state index contributed by atoms with van der Waals surface area (Å²) in [6, 6.07) is 9.20. The van der Waals surface area contributed by atoms with Gasteiger partial charge in [0.25, 0.3) is 5.56 Å². The Labute approximate surface area is 193 Å². The van der Waals surface area contributed by atoms with Gasteiger partial charge in [-0.2, -0.15) is 0 Å². The van der Waals surface area contributed by atoms with Crippen molar-refractivity contribution in [2.75, 3.05) is 6.79 Å². The minimum Gasteiger partial charge on any atom is -0.464 e. The number of hydrogen-bond donors (Lipinski definition) is 1. The maximum atomic E-state index is 13.6. The lowest BCUT2D eigenvalue weighted by Crippen LogP contribution is -2.43. The molecular formula is C26H20N2O6. The Morgan fingerprint density at radius 1 is 1.12 bits per heavy atom. The summed E-state index contributed by atoms with van der Waals surface area (Å²) in [5, 5.41) is 12.1. The number of carbonyl (C=O) groups is 1. The van der Waals surface area contributed by atoms with Crippen LogP contribution >= 0.6 is 0 Å². The number of Topliss-reactive ketones (excluding diaryl/α,β-unsaturated/α-hetero) is 1. The highest BCUT2D eigenvalue weighted by molar-refractivity contribution is 6.00. The number of nitrogens with zero attached hydrogens (tertiary/aromatic N) is 2. The van der Waals surface area contributed by atoms with Crippen LogP contribution in [0.4, 0.5) is 0 Å². The van der Waals surface area contributed by atoms with Gasteiger partial charge in [-0.15, -0.1) is 0 Å². The van der Waals surface area contributed by atoms with Crippen molar-refractivity contribution >= 4 is 16.7 Å². The number of fused-ring (bicyclic) bond motifs is 6. The minimum atomic E-state index is -1.65. The van der Waals surface area contributed by atoms with E-state index in [1.807, 2.05) is 24.3 Å². The molecule has 0 radical (unpaired) electrons. The predicted octanol–water partition coefficient (Wildman–Crippen LogP) is 3.53. The van der Waals surface area contributed by atoms with Gasteiger partial charge in [0.2, 0.25) is 6.79 Å². The van der Waals surface area contributed by atoms with E-state index in [9.17, 15) is 14.7 Å². The standard InChI is InChI=1S/C26H20N2O6/c1-2-26(31)16-9-18-24-15(11-28(18)25(30)13(16)5-6-22(26)29)23(19-4-3-7-32-19)14-8-20-21(34-12-33-20)10-17(14)27-24/h3-4,7-10,31H,2,5-6,11-12H2,1H3/t26-/m0/s1. The molecule has 1 aromatic carbocycles. The third-order valence-electron chi connectivity index (χ3n) is 7.33. The molecule has 3 aliphatic rings. The molecule has 4 aromatic rings. The predicted molar refractivity (Wildman–Crippen MR) is 122 cm³/mol. The molecule has 170 valence electrons. The Hall–Kier alpha value is -3.91. The number of ketones is 1. The topological polar surface area (TPSA) is 104 Å². The van der Waals surface area contributed by atoms with Gasteiger partial charge in [0.1, 0.15) is 11.4 Å². The van der Waals surface area contributed by atoms with Gasteiger partial charge in [0.05, 0.1) is 29.7 Å². The van der Waals surface area contributed by atoms with Crippen LogP contribution in [0.25, 0.3) is 33.6 Å². The van der Waals surface area contributed by atoms with Gasteiger partial charge >= 0.3 is 0 Å². The molecule has 0 spiro atoms. The zero-order valence-electron chi connectivity index (χ0n) is 18.4. The molecule has 0 unspecified atom stereocenters. The number of pyridine rings is 2. The fraction of sp³-hybridized carbons (Fsp3) is 0.269. The van der Waals surface area contributed by atoms with Crippen LogP contribution in [0.2, 0.25) is 0 Å². The van der Waals surface area contributed by atoms with E-state index in [-0.39, 0.29) is 31.0 Å². The maximum absolute atomic E-state index is 13.6. The summed E-state index contributed by atoms with van der Waals surface area (Å²) in [6.45, 7) is 2.23. The summed E-state index contributed by atoms with van der Waals surface area (Å²) in [5.41, 5.74) is 2.66. The van der Waals surface area contributed by atoms with Gasteiger partial charge in [0, 0.05) is 40.1 Å². The van der Waals surface area contributed by atoms with Gasteiger partial charge in [-0.05, 0) is 37.1 Å². The first kappa shape index (κ1) is 19.5. The van der Waals surface area contributed by atoms with E-state index in [1.54, 1.807) is 23.8 Å². The molecule has 1 aliphatic carbocycles. The highest BCUT2D eigenvalue weighted by atomic mass is 16.7. The number of aliphatic hydroxyl groups is 1. The van der Waals surface area contributed by atoms with E-state index in [0.29, 0.717) is 58.3 Å². The fourth-order valence-electron chi connectivity index (χ4n) is 5.56. The summed E-state index contributed by atoms with van der Waals surface area (Å²) in [5.74, 6) is 1.66. The van der Waals surface area contributed by atoms with E-state index < -0.39 is 5.60 Å². The largest absolute Gasteiger partial charge is 0.464 e. The third kappa shape index (κ3) is 2.38. The monoisotopic (exact) mass is 456 g/mol. The zero-order valence-corrected chi connectivity index (χ0v) is 18.4. The second kappa shape index (κ2) is 6.57. The van der Waals surface area contributed by atoms with Crippen molar-refractivity contribution in [2.24, 2.45) is 0 Å². The van der Waals surface area contributed by atoms with Gasteiger partial charge < -0.3 is 23.6 Å². The van der Waals surface area contributed by atoms with Crippen molar-refractivity contribution in [3.63, 3.8) is 0 Å². The second-order valence-corrected chi connectivity index (χ2v) is 8.96. The summed E-state index contributed by atoms with van der Waals surface area (Å²) in [4.78, 5) is 31.2. The van der Waals surface area contributed by atoms with Gasteiger partial charge in [0.15, 0.2) is 17.3 Å². The van der Waals surface area contributed by atoms with Crippen molar-refractivity contribution in [3.05, 3.63) is 63.6 Å². The number of carbonyl (C=O) groups excluding carboxylic acids is 1. The van der Waals surface area contributed by atoms with Crippen LogP contribution in [0.3, 0.4) is 0 Å². The highest BCUT2D eigenvalue weighted by Gasteiger charge is 2.43. The number of ether oxygens (including phenoxy) is 2. The molecule has 1 N–H and O–H groups in total. The van der Waals surface area contributed by atoms with Gasteiger partial charge in [-0.1, -0.05) is 6.92 Å². The second-order valence-electron chi connectivity index (χ2n) is 8.96. The Balaban J connectivity index is 1.56. The van der Waals surface area contributed by atoms with E-state index in [0.717, 1.165) is 16.5 Å². The third-order valence-corrected chi connectivity index (χ3v) is 7.33. The highest BCUT2D eigenvalue weighted by Crippen LogP contribution is 2.46. The van der Waals surface area contributed by atoms with Crippen molar-refractivity contribution in [1.29, 1.82) is 0 Å². The van der Waals surface area contributed by atoms with Gasteiger partial charge in [-0.25, -0.2) is 4.98 Å². The molecule has 0 fully saturated rings. The number of aromatic nitrogens is 2. The first-order chi connectivity index (χ1) is 16.5. The van der Waals surface area contributed by atoms with E-state index >= 15 is 0 Å². The maximum Gasteiger partial charge on any atom is 0.254 e. The SMILES string of the molecule is CC[C@@]1(O)C(=O)CCc2c1cc1n(c2=O)Cc2c-1nc1cc3c(cc1c2-c1ccco1)OCO3. The Morgan fingerprint density at radius 2 is 1.94 bits per heavy atom. The molecule has 0 amide bonds. The van der Waals surface area contributed by atoms with Gasteiger partial charge in [-0.3, -0.25) is 9.59 Å². The number of rotatable bonds is 2. The quantitative estimate of drug-likeness (QED) is 0.433. The molecule has 0 saturated heterocycles. The number of furan rings is 1. The number of hydrogen-bond acceptors (Lipinski definition) is 7. The lowest BCUT2D eigenvalue weighted by Gasteiger charge is -2.32. The van der Waals surface area contributed by atoms with E-state index in [1.165, 1.54) is 0 Å². The van der Waals surface area contributed by atoms with Crippen LogP contribution in [-0.4, -0.2) is 27.2 Å². The number of benzene rings is 1. The summed E-state index contributed by atoms with van der Waals surface area (Å²) >= 11 is 0. The molecule has 5 heterocycles. The van der Waals surface area contributed by atoms with Crippen molar-refractivity contribution in [3.8, 4) is 34.2 Å². The average Bonchev–Trinajstić information content (AvgIpc) is 3.59. The Kier molecular flexibility index (Phi) is 3.78. The van der Waals surface area contributed by atoms with Crippen molar-refractivity contribution in [1.82, 2.24) is 9.55 Å².